The molecule has 0 aliphatic carbocycles. The van der Waals surface area contributed by atoms with Gasteiger partial charge in [0.25, 0.3) is 0 Å². The average molecular weight is 231 g/mol. The second kappa shape index (κ2) is 4.88. The number of aromatic nitrogens is 2. The number of para-hydroxylation sites is 2. The minimum Gasteiger partial charge on any atom is -0.330 e. The summed E-state index contributed by atoms with van der Waals surface area (Å²) in [5.74, 6) is 1.63. The molecular weight excluding hydrogens is 210 g/mol. The third-order valence-corrected chi connectivity index (χ3v) is 3.12. The molecule has 2 N–H and O–H groups in total. The molecule has 0 saturated heterocycles. The first-order valence-corrected chi connectivity index (χ1v) is 6.29. The van der Waals surface area contributed by atoms with Gasteiger partial charge in [-0.1, -0.05) is 19.1 Å². The SMILES string of the molecule is CC(CN)Cc1nc2ccccc2n1C(C)C. The topological polar surface area (TPSA) is 43.8 Å². The van der Waals surface area contributed by atoms with Crippen molar-refractivity contribution in [2.75, 3.05) is 6.54 Å². The van der Waals surface area contributed by atoms with Crippen molar-refractivity contribution in [1.29, 1.82) is 0 Å². The number of benzene rings is 1. The maximum atomic E-state index is 5.70. The van der Waals surface area contributed by atoms with Gasteiger partial charge in [0, 0.05) is 12.5 Å². The Morgan fingerprint density at radius 2 is 1.94 bits per heavy atom. The van der Waals surface area contributed by atoms with E-state index in [9.17, 15) is 0 Å². The van der Waals surface area contributed by atoms with Crippen molar-refractivity contribution in [2.24, 2.45) is 11.7 Å². The maximum absolute atomic E-state index is 5.70. The lowest BCUT2D eigenvalue weighted by Crippen LogP contribution is -2.16. The molecule has 1 aromatic carbocycles. The van der Waals surface area contributed by atoms with Crippen LogP contribution in [0.4, 0.5) is 0 Å². The Balaban J connectivity index is 2.50. The summed E-state index contributed by atoms with van der Waals surface area (Å²) in [7, 11) is 0. The smallest absolute Gasteiger partial charge is 0.110 e. The van der Waals surface area contributed by atoms with Crippen LogP contribution in [0.15, 0.2) is 24.3 Å². The molecule has 1 aromatic heterocycles. The lowest BCUT2D eigenvalue weighted by atomic mass is 10.1. The highest BCUT2D eigenvalue weighted by Crippen LogP contribution is 2.22. The molecular formula is C14H21N3. The molecule has 0 amide bonds. The van der Waals surface area contributed by atoms with Gasteiger partial charge in [0.15, 0.2) is 0 Å². The van der Waals surface area contributed by atoms with Crippen LogP contribution in [-0.4, -0.2) is 16.1 Å². The standard InChI is InChI=1S/C14H21N3/c1-10(2)17-13-7-5-4-6-12(13)16-14(17)8-11(3)9-15/h4-7,10-11H,8-9,15H2,1-3H3. The van der Waals surface area contributed by atoms with Crippen LogP contribution in [0.1, 0.15) is 32.6 Å². The van der Waals surface area contributed by atoms with Gasteiger partial charge in [-0.15, -0.1) is 0 Å². The number of nitrogens with two attached hydrogens (primary N) is 1. The van der Waals surface area contributed by atoms with Crippen LogP contribution in [0.2, 0.25) is 0 Å². The van der Waals surface area contributed by atoms with E-state index in [1.54, 1.807) is 0 Å². The van der Waals surface area contributed by atoms with Gasteiger partial charge < -0.3 is 10.3 Å². The van der Waals surface area contributed by atoms with E-state index in [0.717, 1.165) is 17.8 Å². The van der Waals surface area contributed by atoms with Crippen molar-refractivity contribution in [3.63, 3.8) is 0 Å². The Labute approximate surface area is 103 Å². The molecule has 17 heavy (non-hydrogen) atoms. The number of imidazole rings is 1. The zero-order valence-corrected chi connectivity index (χ0v) is 10.9. The Bertz CT molecular complexity index is 499. The molecule has 0 spiro atoms. The maximum Gasteiger partial charge on any atom is 0.110 e. The van der Waals surface area contributed by atoms with E-state index < -0.39 is 0 Å². The summed E-state index contributed by atoms with van der Waals surface area (Å²) in [5, 5.41) is 0. The molecule has 92 valence electrons. The fourth-order valence-corrected chi connectivity index (χ4v) is 2.21. The lowest BCUT2D eigenvalue weighted by molar-refractivity contribution is 0.521. The second-order valence-corrected chi connectivity index (χ2v) is 5.03. The summed E-state index contributed by atoms with van der Waals surface area (Å²) in [6, 6.07) is 8.75. The first-order chi connectivity index (χ1) is 8.13. The quantitative estimate of drug-likeness (QED) is 0.879. The van der Waals surface area contributed by atoms with Crippen LogP contribution in [0.3, 0.4) is 0 Å². The van der Waals surface area contributed by atoms with Gasteiger partial charge in [-0.05, 0) is 38.4 Å². The van der Waals surface area contributed by atoms with Gasteiger partial charge in [0.1, 0.15) is 5.82 Å². The largest absolute Gasteiger partial charge is 0.330 e. The van der Waals surface area contributed by atoms with E-state index in [1.807, 2.05) is 6.07 Å². The van der Waals surface area contributed by atoms with Crippen LogP contribution in [-0.2, 0) is 6.42 Å². The van der Waals surface area contributed by atoms with Gasteiger partial charge in [0.05, 0.1) is 11.0 Å². The highest BCUT2D eigenvalue weighted by atomic mass is 15.1. The first-order valence-electron chi connectivity index (χ1n) is 6.29. The van der Waals surface area contributed by atoms with Crippen molar-refractivity contribution < 1.29 is 0 Å². The molecule has 0 bridgehead atoms. The van der Waals surface area contributed by atoms with Gasteiger partial charge >= 0.3 is 0 Å². The number of fused-ring (bicyclic) bond motifs is 1. The number of hydrogen-bond donors (Lipinski definition) is 1. The minimum atomic E-state index is 0.433. The predicted octanol–water partition coefficient (Wildman–Crippen LogP) is 2.75. The summed E-state index contributed by atoms with van der Waals surface area (Å²) in [6.07, 6.45) is 0.948. The summed E-state index contributed by atoms with van der Waals surface area (Å²) in [6.45, 7) is 7.28. The Morgan fingerprint density at radius 3 is 2.59 bits per heavy atom. The molecule has 1 heterocycles. The third-order valence-electron chi connectivity index (χ3n) is 3.12. The van der Waals surface area contributed by atoms with Crippen molar-refractivity contribution in [2.45, 2.75) is 33.2 Å². The fraction of sp³-hybridized carbons (Fsp3) is 0.500. The van der Waals surface area contributed by atoms with Crippen LogP contribution < -0.4 is 5.73 Å². The van der Waals surface area contributed by atoms with Crippen molar-refractivity contribution in [3.8, 4) is 0 Å². The summed E-state index contributed by atoms with van der Waals surface area (Å²) < 4.78 is 2.32. The summed E-state index contributed by atoms with van der Waals surface area (Å²) >= 11 is 0. The molecule has 0 saturated carbocycles. The van der Waals surface area contributed by atoms with Crippen LogP contribution in [0, 0.1) is 5.92 Å². The van der Waals surface area contributed by atoms with Crippen molar-refractivity contribution in [3.05, 3.63) is 30.1 Å². The minimum absolute atomic E-state index is 0.433. The molecule has 2 rings (SSSR count). The van der Waals surface area contributed by atoms with Crippen LogP contribution >= 0.6 is 0 Å². The van der Waals surface area contributed by atoms with Gasteiger partial charge in [-0.2, -0.15) is 0 Å². The average Bonchev–Trinajstić information content (AvgIpc) is 2.66. The number of rotatable bonds is 4. The van der Waals surface area contributed by atoms with Gasteiger partial charge in [-0.25, -0.2) is 4.98 Å². The van der Waals surface area contributed by atoms with Gasteiger partial charge in [0.2, 0.25) is 0 Å². The number of nitrogens with zero attached hydrogens (tertiary/aromatic N) is 2. The van der Waals surface area contributed by atoms with E-state index in [1.165, 1.54) is 5.52 Å². The van der Waals surface area contributed by atoms with E-state index in [0.29, 0.717) is 18.5 Å². The molecule has 0 aliphatic heterocycles. The highest BCUT2D eigenvalue weighted by molar-refractivity contribution is 5.76. The Kier molecular flexibility index (Phi) is 3.48. The lowest BCUT2D eigenvalue weighted by Gasteiger charge is -2.15. The van der Waals surface area contributed by atoms with E-state index in [-0.39, 0.29) is 0 Å². The molecule has 2 aromatic rings. The summed E-state index contributed by atoms with van der Waals surface area (Å²) in [4.78, 5) is 4.73. The molecule has 1 unspecified atom stereocenters. The molecule has 0 aliphatic rings. The first kappa shape index (κ1) is 12.1. The molecule has 1 atom stereocenters. The normalized spacial score (nSPS) is 13.5. The zero-order chi connectivity index (χ0) is 12.4. The fourth-order valence-electron chi connectivity index (χ4n) is 2.21. The molecule has 0 fully saturated rings. The molecule has 0 radical (unpaired) electrons. The van der Waals surface area contributed by atoms with Crippen LogP contribution in [0.5, 0.6) is 0 Å². The molecule has 3 nitrogen and oxygen atoms in total. The monoisotopic (exact) mass is 231 g/mol. The highest BCUT2D eigenvalue weighted by Gasteiger charge is 2.14. The molecule has 3 heteroatoms. The van der Waals surface area contributed by atoms with E-state index in [2.05, 4.69) is 43.5 Å². The third kappa shape index (κ3) is 2.34. The van der Waals surface area contributed by atoms with Crippen molar-refractivity contribution >= 4 is 11.0 Å². The van der Waals surface area contributed by atoms with Crippen molar-refractivity contribution in [1.82, 2.24) is 9.55 Å². The van der Waals surface area contributed by atoms with E-state index in [4.69, 9.17) is 10.7 Å². The summed E-state index contributed by atoms with van der Waals surface area (Å²) in [5.41, 5.74) is 8.01. The second-order valence-electron chi connectivity index (χ2n) is 5.03. The van der Waals surface area contributed by atoms with Crippen LogP contribution in [0.25, 0.3) is 11.0 Å². The van der Waals surface area contributed by atoms with E-state index >= 15 is 0 Å². The predicted molar refractivity (Wildman–Crippen MR) is 72.0 cm³/mol. The van der Waals surface area contributed by atoms with Gasteiger partial charge in [-0.3, -0.25) is 0 Å². The zero-order valence-electron chi connectivity index (χ0n) is 10.9. The Hall–Kier alpha value is -1.35. The Morgan fingerprint density at radius 1 is 1.24 bits per heavy atom. The number of hydrogen-bond acceptors (Lipinski definition) is 2.